The van der Waals surface area contributed by atoms with Crippen molar-refractivity contribution >= 4 is 34.6 Å². The molecule has 6 heteroatoms. The fourth-order valence-corrected chi connectivity index (χ4v) is 3.87. The third-order valence-electron chi connectivity index (χ3n) is 4.92. The molecule has 0 unspecified atom stereocenters. The monoisotopic (exact) mass is 387 g/mol. The highest BCUT2D eigenvalue weighted by Gasteiger charge is 2.20. The number of hydrogen-bond donors (Lipinski definition) is 1. The van der Waals surface area contributed by atoms with E-state index in [2.05, 4.69) is 33.3 Å². The lowest BCUT2D eigenvalue weighted by Crippen LogP contribution is -2.49. The predicted octanol–water partition coefficient (Wildman–Crippen LogP) is 3.79. The number of fused-ring (bicyclic) bond motifs is 1. The average molecular weight is 388 g/mol. The van der Waals surface area contributed by atoms with Crippen LogP contribution in [-0.2, 0) is 13.0 Å². The van der Waals surface area contributed by atoms with Gasteiger partial charge < -0.3 is 15.0 Å². The molecule has 1 saturated heterocycles. The SMILES string of the molecule is S=C(Nc1ccc(Cl)cc1)N1CCN(Cc2ccc3c(c2)CCO3)CC1. The molecule has 2 aliphatic rings. The Hall–Kier alpha value is -1.82. The van der Waals surface area contributed by atoms with E-state index in [0.717, 1.165) is 67.3 Å². The Morgan fingerprint density at radius 1 is 1.08 bits per heavy atom. The van der Waals surface area contributed by atoms with Gasteiger partial charge in [-0.3, -0.25) is 4.90 Å². The lowest BCUT2D eigenvalue weighted by molar-refractivity contribution is 0.177. The molecule has 1 fully saturated rings. The lowest BCUT2D eigenvalue weighted by atomic mass is 10.1. The Morgan fingerprint density at radius 2 is 1.85 bits per heavy atom. The highest BCUT2D eigenvalue weighted by Crippen LogP contribution is 2.26. The third-order valence-corrected chi connectivity index (χ3v) is 5.53. The molecule has 0 amide bonds. The summed E-state index contributed by atoms with van der Waals surface area (Å²) in [5.41, 5.74) is 3.68. The summed E-state index contributed by atoms with van der Waals surface area (Å²) in [4.78, 5) is 4.72. The zero-order valence-electron chi connectivity index (χ0n) is 14.6. The molecular weight excluding hydrogens is 366 g/mol. The topological polar surface area (TPSA) is 27.7 Å². The van der Waals surface area contributed by atoms with Crippen molar-refractivity contribution in [2.75, 3.05) is 38.1 Å². The van der Waals surface area contributed by atoms with E-state index in [0.29, 0.717) is 0 Å². The van der Waals surface area contributed by atoms with Crippen LogP contribution in [0.3, 0.4) is 0 Å². The molecule has 0 radical (unpaired) electrons. The predicted molar refractivity (Wildman–Crippen MR) is 110 cm³/mol. The minimum Gasteiger partial charge on any atom is -0.493 e. The Labute approximate surface area is 164 Å². The summed E-state index contributed by atoms with van der Waals surface area (Å²) < 4.78 is 5.59. The van der Waals surface area contributed by atoms with Gasteiger partial charge in [-0.1, -0.05) is 23.7 Å². The average Bonchev–Trinajstić information content (AvgIpc) is 3.12. The van der Waals surface area contributed by atoms with Gasteiger partial charge in [-0.2, -0.15) is 0 Å². The summed E-state index contributed by atoms with van der Waals surface area (Å²) in [6.45, 7) is 5.70. The van der Waals surface area contributed by atoms with Crippen LogP contribution in [-0.4, -0.2) is 47.7 Å². The van der Waals surface area contributed by atoms with Gasteiger partial charge in [-0.25, -0.2) is 0 Å². The van der Waals surface area contributed by atoms with Crippen LogP contribution in [0.4, 0.5) is 5.69 Å². The molecule has 0 spiro atoms. The van der Waals surface area contributed by atoms with Crippen LogP contribution in [0.25, 0.3) is 0 Å². The van der Waals surface area contributed by atoms with Crippen molar-refractivity contribution in [2.45, 2.75) is 13.0 Å². The second-order valence-electron chi connectivity index (χ2n) is 6.74. The lowest BCUT2D eigenvalue weighted by Gasteiger charge is -2.36. The first-order valence-electron chi connectivity index (χ1n) is 8.96. The van der Waals surface area contributed by atoms with Gasteiger partial charge in [0, 0.05) is 49.9 Å². The number of hydrogen-bond acceptors (Lipinski definition) is 3. The largest absolute Gasteiger partial charge is 0.493 e. The van der Waals surface area contributed by atoms with Crippen molar-refractivity contribution in [3.63, 3.8) is 0 Å². The number of nitrogens with zero attached hydrogens (tertiary/aromatic N) is 2. The maximum atomic E-state index is 5.93. The molecule has 136 valence electrons. The number of thiocarbonyl (C=S) groups is 1. The zero-order chi connectivity index (χ0) is 17.9. The van der Waals surface area contributed by atoms with Gasteiger partial charge in [-0.05, 0) is 53.7 Å². The molecule has 0 bridgehead atoms. The molecule has 2 heterocycles. The standard InChI is InChI=1S/C20H22ClN3OS/c21-17-2-4-18(5-3-17)22-20(26)24-10-8-23(9-11-24)14-15-1-6-19-16(13-15)7-12-25-19/h1-6,13H,7-12,14H2,(H,22,26). The van der Waals surface area contributed by atoms with E-state index in [-0.39, 0.29) is 0 Å². The smallest absolute Gasteiger partial charge is 0.173 e. The van der Waals surface area contributed by atoms with Gasteiger partial charge in [0.2, 0.25) is 0 Å². The van der Waals surface area contributed by atoms with Crippen LogP contribution in [0.2, 0.25) is 5.02 Å². The minimum atomic E-state index is 0.730. The maximum Gasteiger partial charge on any atom is 0.173 e. The van der Waals surface area contributed by atoms with Gasteiger partial charge in [0.15, 0.2) is 5.11 Å². The van der Waals surface area contributed by atoms with Crippen LogP contribution in [0.1, 0.15) is 11.1 Å². The Bertz CT molecular complexity index is 788. The van der Waals surface area contributed by atoms with Crippen molar-refractivity contribution in [2.24, 2.45) is 0 Å². The van der Waals surface area contributed by atoms with E-state index in [4.69, 9.17) is 28.6 Å². The van der Waals surface area contributed by atoms with Crippen molar-refractivity contribution in [3.8, 4) is 5.75 Å². The maximum absolute atomic E-state index is 5.93. The summed E-state index contributed by atoms with van der Waals surface area (Å²) in [5, 5.41) is 4.81. The number of nitrogens with one attached hydrogen (secondary N) is 1. The molecule has 0 aliphatic carbocycles. The van der Waals surface area contributed by atoms with Crippen LogP contribution in [0.5, 0.6) is 5.75 Å². The van der Waals surface area contributed by atoms with Crippen LogP contribution < -0.4 is 10.1 Å². The summed E-state index contributed by atoms with van der Waals surface area (Å²) in [6, 6.07) is 14.2. The van der Waals surface area contributed by atoms with Crippen molar-refractivity contribution < 1.29 is 4.74 Å². The summed E-state index contributed by atoms with van der Waals surface area (Å²) in [5.74, 6) is 1.05. The third kappa shape index (κ3) is 4.11. The molecule has 1 N–H and O–H groups in total. The van der Waals surface area contributed by atoms with Crippen molar-refractivity contribution in [1.29, 1.82) is 0 Å². The van der Waals surface area contributed by atoms with E-state index in [1.54, 1.807) is 0 Å². The van der Waals surface area contributed by atoms with E-state index >= 15 is 0 Å². The molecule has 2 aliphatic heterocycles. The number of rotatable bonds is 3. The number of piperazine rings is 1. The second-order valence-corrected chi connectivity index (χ2v) is 7.56. The van der Waals surface area contributed by atoms with Crippen LogP contribution >= 0.6 is 23.8 Å². The van der Waals surface area contributed by atoms with Crippen molar-refractivity contribution in [1.82, 2.24) is 9.80 Å². The van der Waals surface area contributed by atoms with E-state index in [9.17, 15) is 0 Å². The molecule has 2 aromatic rings. The molecule has 26 heavy (non-hydrogen) atoms. The number of halogens is 1. The van der Waals surface area contributed by atoms with E-state index in [1.807, 2.05) is 24.3 Å². The van der Waals surface area contributed by atoms with Crippen LogP contribution in [0.15, 0.2) is 42.5 Å². The zero-order valence-corrected chi connectivity index (χ0v) is 16.2. The first kappa shape index (κ1) is 17.6. The number of benzene rings is 2. The van der Waals surface area contributed by atoms with E-state index in [1.165, 1.54) is 11.1 Å². The second kappa shape index (κ2) is 7.82. The van der Waals surface area contributed by atoms with Gasteiger partial charge in [0.25, 0.3) is 0 Å². The molecule has 4 nitrogen and oxygen atoms in total. The molecule has 0 saturated carbocycles. The first-order chi connectivity index (χ1) is 12.7. The number of anilines is 1. The van der Waals surface area contributed by atoms with Crippen molar-refractivity contribution in [3.05, 3.63) is 58.6 Å². The molecular formula is C20H22ClN3OS. The first-order valence-corrected chi connectivity index (χ1v) is 9.74. The highest BCUT2D eigenvalue weighted by molar-refractivity contribution is 7.80. The van der Waals surface area contributed by atoms with Gasteiger partial charge in [0.1, 0.15) is 5.75 Å². The van der Waals surface area contributed by atoms with Gasteiger partial charge in [0.05, 0.1) is 6.61 Å². The Balaban J connectivity index is 1.28. The normalized spacial score (nSPS) is 16.9. The molecule has 2 aromatic carbocycles. The Kier molecular flexibility index (Phi) is 5.29. The van der Waals surface area contributed by atoms with Crippen LogP contribution in [0, 0.1) is 0 Å². The quantitative estimate of drug-likeness (QED) is 0.809. The summed E-state index contributed by atoms with van der Waals surface area (Å²) in [7, 11) is 0. The van der Waals surface area contributed by atoms with Gasteiger partial charge in [-0.15, -0.1) is 0 Å². The summed E-state index contributed by atoms with van der Waals surface area (Å²) in [6.07, 6.45) is 1.03. The summed E-state index contributed by atoms with van der Waals surface area (Å²) >= 11 is 11.5. The molecule has 0 aromatic heterocycles. The van der Waals surface area contributed by atoms with E-state index < -0.39 is 0 Å². The number of ether oxygens (including phenoxy) is 1. The molecule has 0 atom stereocenters. The Morgan fingerprint density at radius 3 is 2.62 bits per heavy atom. The fourth-order valence-electron chi connectivity index (χ4n) is 3.44. The highest BCUT2D eigenvalue weighted by atomic mass is 35.5. The fraction of sp³-hybridized carbons (Fsp3) is 0.350. The molecule has 4 rings (SSSR count). The minimum absolute atomic E-state index is 0.730. The van der Waals surface area contributed by atoms with Gasteiger partial charge >= 0.3 is 0 Å².